The van der Waals surface area contributed by atoms with Gasteiger partial charge < -0.3 is 9.47 Å². The maximum Gasteiger partial charge on any atom is 0.275 e. The highest BCUT2D eigenvalue weighted by Crippen LogP contribution is 2.33. The molecule has 0 saturated carbocycles. The van der Waals surface area contributed by atoms with E-state index < -0.39 is 0 Å². The van der Waals surface area contributed by atoms with E-state index in [-0.39, 0.29) is 12.7 Å². The molecular formula is C12H10N2O3S. The number of benzene rings is 1. The lowest BCUT2D eigenvalue weighted by Crippen LogP contribution is -2.21. The zero-order valence-corrected chi connectivity index (χ0v) is 10.4. The van der Waals surface area contributed by atoms with Crippen LogP contribution < -0.4 is 14.8 Å². The third-order valence-electron chi connectivity index (χ3n) is 2.57. The van der Waals surface area contributed by atoms with E-state index in [4.69, 9.17) is 9.47 Å². The summed E-state index contributed by atoms with van der Waals surface area (Å²) in [4.78, 5) is 15.8. The van der Waals surface area contributed by atoms with E-state index in [1.54, 1.807) is 6.08 Å². The summed E-state index contributed by atoms with van der Waals surface area (Å²) in [5.74, 6) is 1.23. The Morgan fingerprint density at radius 2 is 2.22 bits per heavy atom. The zero-order valence-electron chi connectivity index (χ0n) is 9.60. The molecule has 0 bridgehead atoms. The van der Waals surface area contributed by atoms with Crippen LogP contribution in [-0.2, 0) is 4.79 Å². The van der Waals surface area contributed by atoms with E-state index in [2.05, 4.69) is 10.3 Å². The molecule has 0 aliphatic carbocycles. The number of hydrogen-bond donors (Lipinski definition) is 1. The van der Waals surface area contributed by atoms with Crippen molar-refractivity contribution >= 4 is 28.9 Å². The first-order valence-electron chi connectivity index (χ1n) is 5.31. The number of amidine groups is 1. The SMILES string of the molecule is CSC1=NC(=Cc2ccc3c(c2)OCO3)C(=O)N1. The maximum atomic E-state index is 11.6. The van der Waals surface area contributed by atoms with Gasteiger partial charge in [0, 0.05) is 0 Å². The zero-order chi connectivity index (χ0) is 12.5. The highest BCUT2D eigenvalue weighted by atomic mass is 32.2. The number of carbonyl (C=O) groups excluding carboxylic acids is 1. The first-order valence-corrected chi connectivity index (χ1v) is 6.54. The van der Waals surface area contributed by atoms with E-state index in [9.17, 15) is 4.79 Å². The van der Waals surface area contributed by atoms with Crippen LogP contribution in [0.15, 0.2) is 28.9 Å². The van der Waals surface area contributed by atoms with Gasteiger partial charge in [-0.1, -0.05) is 17.8 Å². The Morgan fingerprint density at radius 3 is 3.00 bits per heavy atom. The van der Waals surface area contributed by atoms with E-state index in [1.165, 1.54) is 11.8 Å². The number of fused-ring (bicyclic) bond motifs is 1. The molecule has 0 radical (unpaired) electrons. The highest BCUT2D eigenvalue weighted by molar-refractivity contribution is 8.13. The summed E-state index contributed by atoms with van der Waals surface area (Å²) in [7, 11) is 0. The topological polar surface area (TPSA) is 59.9 Å². The van der Waals surface area contributed by atoms with Crippen LogP contribution in [0.1, 0.15) is 5.56 Å². The first-order chi connectivity index (χ1) is 8.76. The van der Waals surface area contributed by atoms with Gasteiger partial charge in [-0.05, 0) is 30.0 Å². The molecule has 0 spiro atoms. The Hall–Kier alpha value is -1.95. The number of amides is 1. The summed E-state index contributed by atoms with van der Waals surface area (Å²) >= 11 is 1.40. The smallest absolute Gasteiger partial charge is 0.275 e. The van der Waals surface area contributed by atoms with E-state index in [0.717, 1.165) is 11.3 Å². The lowest BCUT2D eigenvalue weighted by atomic mass is 10.1. The molecule has 0 unspecified atom stereocenters. The molecule has 3 rings (SSSR count). The predicted molar refractivity (Wildman–Crippen MR) is 69.6 cm³/mol. The van der Waals surface area contributed by atoms with Gasteiger partial charge in [-0.15, -0.1) is 0 Å². The minimum absolute atomic E-state index is 0.183. The van der Waals surface area contributed by atoms with Crippen molar-refractivity contribution in [1.29, 1.82) is 0 Å². The molecule has 0 aromatic heterocycles. The quantitative estimate of drug-likeness (QED) is 0.781. The lowest BCUT2D eigenvalue weighted by Gasteiger charge is -1.98. The number of nitrogens with one attached hydrogen (secondary N) is 1. The van der Waals surface area contributed by atoms with Crippen molar-refractivity contribution < 1.29 is 14.3 Å². The number of thioether (sulfide) groups is 1. The van der Waals surface area contributed by atoms with Gasteiger partial charge >= 0.3 is 0 Å². The number of nitrogens with zero attached hydrogens (tertiary/aromatic N) is 1. The van der Waals surface area contributed by atoms with E-state index in [1.807, 2.05) is 24.5 Å². The molecule has 0 saturated heterocycles. The molecule has 1 aromatic rings. The highest BCUT2D eigenvalue weighted by Gasteiger charge is 2.19. The van der Waals surface area contributed by atoms with Gasteiger partial charge in [-0.2, -0.15) is 0 Å². The van der Waals surface area contributed by atoms with Crippen LogP contribution >= 0.6 is 11.8 Å². The lowest BCUT2D eigenvalue weighted by molar-refractivity contribution is -0.115. The summed E-state index contributed by atoms with van der Waals surface area (Å²) in [5.41, 5.74) is 1.26. The van der Waals surface area contributed by atoms with Crippen molar-refractivity contribution in [2.45, 2.75) is 0 Å². The molecule has 6 heteroatoms. The van der Waals surface area contributed by atoms with Gasteiger partial charge in [-0.25, -0.2) is 4.99 Å². The van der Waals surface area contributed by atoms with Crippen molar-refractivity contribution in [2.24, 2.45) is 4.99 Å². The normalized spacial score (nSPS) is 19.1. The molecule has 5 nitrogen and oxygen atoms in total. The number of ether oxygens (including phenoxy) is 2. The number of rotatable bonds is 1. The van der Waals surface area contributed by atoms with Gasteiger partial charge in [0.05, 0.1) is 0 Å². The van der Waals surface area contributed by atoms with Crippen LogP contribution in [0.3, 0.4) is 0 Å². The van der Waals surface area contributed by atoms with Gasteiger partial charge in [-0.3, -0.25) is 10.1 Å². The minimum atomic E-state index is -0.183. The first kappa shape index (κ1) is 11.2. The van der Waals surface area contributed by atoms with Crippen LogP contribution in [0.5, 0.6) is 11.5 Å². The van der Waals surface area contributed by atoms with E-state index >= 15 is 0 Å². The van der Waals surface area contributed by atoms with Crippen LogP contribution in [0, 0.1) is 0 Å². The van der Waals surface area contributed by atoms with Crippen molar-refractivity contribution in [3.63, 3.8) is 0 Å². The molecule has 0 atom stereocenters. The van der Waals surface area contributed by atoms with Gasteiger partial charge in [0.1, 0.15) is 5.70 Å². The van der Waals surface area contributed by atoms with Gasteiger partial charge in [0.2, 0.25) is 6.79 Å². The summed E-state index contributed by atoms with van der Waals surface area (Å²) in [6.07, 6.45) is 3.59. The monoisotopic (exact) mass is 262 g/mol. The molecule has 0 fully saturated rings. The summed E-state index contributed by atoms with van der Waals surface area (Å²) in [5, 5.41) is 3.29. The largest absolute Gasteiger partial charge is 0.454 e. The molecule has 1 amide bonds. The molecule has 1 N–H and O–H groups in total. The fourth-order valence-electron chi connectivity index (χ4n) is 1.70. The molecule has 2 heterocycles. The third-order valence-corrected chi connectivity index (χ3v) is 3.15. The maximum absolute atomic E-state index is 11.6. The number of aliphatic imine (C=N–C) groups is 1. The molecule has 1 aromatic carbocycles. The standard InChI is InChI=1S/C12H10N2O3S/c1-18-12-13-8(11(15)14-12)4-7-2-3-9-10(5-7)17-6-16-9/h2-5H,6H2,1H3,(H,13,14,15). The Labute approximate surface area is 108 Å². The van der Waals surface area contributed by atoms with Crippen LogP contribution in [-0.4, -0.2) is 24.1 Å². The Bertz CT molecular complexity index is 581. The van der Waals surface area contributed by atoms with Crippen LogP contribution in [0.2, 0.25) is 0 Å². The van der Waals surface area contributed by atoms with Crippen molar-refractivity contribution in [3.8, 4) is 11.5 Å². The Balaban J connectivity index is 1.92. The minimum Gasteiger partial charge on any atom is -0.454 e. The Morgan fingerprint density at radius 1 is 1.39 bits per heavy atom. The van der Waals surface area contributed by atoms with Crippen LogP contribution in [0.25, 0.3) is 6.08 Å². The second kappa shape index (κ2) is 4.38. The van der Waals surface area contributed by atoms with E-state index in [0.29, 0.717) is 16.6 Å². The van der Waals surface area contributed by atoms with Gasteiger partial charge in [0.25, 0.3) is 5.91 Å². The second-order valence-electron chi connectivity index (χ2n) is 3.72. The summed E-state index contributed by atoms with van der Waals surface area (Å²) < 4.78 is 10.5. The second-order valence-corrected chi connectivity index (χ2v) is 4.51. The number of carbonyl (C=O) groups is 1. The van der Waals surface area contributed by atoms with Crippen molar-refractivity contribution in [3.05, 3.63) is 29.5 Å². The van der Waals surface area contributed by atoms with Crippen LogP contribution in [0.4, 0.5) is 0 Å². The molecule has 2 aliphatic rings. The average Bonchev–Trinajstić information content (AvgIpc) is 2.96. The average molecular weight is 262 g/mol. The molecular weight excluding hydrogens is 252 g/mol. The van der Waals surface area contributed by atoms with Crippen molar-refractivity contribution in [1.82, 2.24) is 5.32 Å². The molecule has 2 aliphatic heterocycles. The molecule has 18 heavy (non-hydrogen) atoms. The fraction of sp³-hybridized carbons (Fsp3) is 0.167. The summed E-state index contributed by atoms with van der Waals surface area (Å²) in [6.45, 7) is 0.241. The number of hydrogen-bond acceptors (Lipinski definition) is 5. The third kappa shape index (κ3) is 1.95. The van der Waals surface area contributed by atoms with Crippen molar-refractivity contribution in [2.75, 3.05) is 13.0 Å². The Kier molecular flexibility index (Phi) is 2.71. The van der Waals surface area contributed by atoms with Gasteiger partial charge in [0.15, 0.2) is 16.7 Å². The fourth-order valence-corrected chi connectivity index (χ4v) is 2.09. The molecule has 92 valence electrons. The predicted octanol–water partition coefficient (Wildman–Crippen LogP) is 1.60. The summed E-state index contributed by atoms with van der Waals surface area (Å²) in [6, 6.07) is 5.51.